The van der Waals surface area contributed by atoms with Gasteiger partial charge in [0.15, 0.2) is 5.13 Å². The lowest BCUT2D eigenvalue weighted by Gasteiger charge is -2.06. The van der Waals surface area contributed by atoms with Gasteiger partial charge in [-0.2, -0.15) is 0 Å². The summed E-state index contributed by atoms with van der Waals surface area (Å²) in [6.07, 6.45) is 4.70. The Morgan fingerprint density at radius 1 is 1.33 bits per heavy atom. The highest BCUT2D eigenvalue weighted by molar-refractivity contribution is 7.12. The lowest BCUT2D eigenvalue weighted by atomic mass is 10.2. The number of benzene rings is 1. The van der Waals surface area contributed by atoms with Crippen molar-refractivity contribution in [1.82, 2.24) is 14.5 Å². The number of imidazole rings is 1. The van der Waals surface area contributed by atoms with Gasteiger partial charge < -0.3 is 5.32 Å². The van der Waals surface area contributed by atoms with Crippen LogP contribution in [0.25, 0.3) is 16.4 Å². The Bertz CT molecular complexity index is 896. The number of carbonyl (C=O) groups excluding carboxylic acids is 1. The number of hydrogen-bond donors (Lipinski definition) is 1. The van der Waals surface area contributed by atoms with E-state index in [2.05, 4.69) is 15.3 Å². The first kappa shape index (κ1) is 16.1. The molecule has 2 heterocycles. The molecular weight excluding hydrogens is 327 g/mol. The van der Waals surface area contributed by atoms with E-state index in [1.165, 1.54) is 29.5 Å². The van der Waals surface area contributed by atoms with E-state index in [0.717, 1.165) is 11.3 Å². The van der Waals surface area contributed by atoms with Crippen LogP contribution in [-0.4, -0.2) is 20.4 Å². The van der Waals surface area contributed by atoms with Crippen molar-refractivity contribution < 1.29 is 9.18 Å². The number of anilines is 1. The summed E-state index contributed by atoms with van der Waals surface area (Å²) in [5.74, 6) is 0.754. The van der Waals surface area contributed by atoms with Crippen LogP contribution >= 0.6 is 11.3 Å². The average molecular weight is 342 g/mol. The van der Waals surface area contributed by atoms with Crippen LogP contribution in [0, 0.1) is 12.7 Å². The van der Waals surface area contributed by atoms with Crippen LogP contribution in [0.5, 0.6) is 0 Å². The van der Waals surface area contributed by atoms with Crippen LogP contribution in [0.2, 0.25) is 0 Å². The van der Waals surface area contributed by atoms with Crippen molar-refractivity contribution in [3.05, 3.63) is 59.6 Å². The summed E-state index contributed by atoms with van der Waals surface area (Å²) >= 11 is 1.42. The van der Waals surface area contributed by atoms with Gasteiger partial charge in [0.2, 0.25) is 5.91 Å². The number of halogens is 1. The molecule has 1 amide bonds. The number of carbonyl (C=O) groups is 1. The van der Waals surface area contributed by atoms with Gasteiger partial charge in [0.05, 0.1) is 11.9 Å². The molecule has 0 radical (unpaired) electrons. The van der Waals surface area contributed by atoms with Crippen molar-refractivity contribution in [3.8, 4) is 16.4 Å². The van der Waals surface area contributed by atoms with E-state index in [1.54, 1.807) is 35.9 Å². The molecule has 0 aliphatic rings. The number of nitrogens with zero attached hydrogens (tertiary/aromatic N) is 3. The molecule has 7 heteroatoms. The fourth-order valence-corrected chi connectivity index (χ4v) is 3.11. The standard InChI is InChI=1S/C17H15FN4OS/c1-3-4-16(23)21-15-9-19-11(2)22(15)17-20-14(10-24-17)12-5-7-13(18)8-6-12/h3-10H,1-2H3,(H,21,23)/b4-3+. The number of allylic oxidation sites excluding steroid dienone is 1. The minimum atomic E-state index is -0.284. The van der Waals surface area contributed by atoms with Gasteiger partial charge in [-0.1, -0.05) is 6.08 Å². The number of hydrogen-bond acceptors (Lipinski definition) is 4. The molecule has 0 aliphatic carbocycles. The molecular formula is C17H15FN4OS. The molecule has 3 rings (SSSR count). The largest absolute Gasteiger partial charge is 0.307 e. The van der Waals surface area contributed by atoms with Crippen molar-refractivity contribution in [3.63, 3.8) is 0 Å². The summed E-state index contributed by atoms with van der Waals surface area (Å²) in [5.41, 5.74) is 1.57. The van der Waals surface area contributed by atoms with Gasteiger partial charge in [-0.05, 0) is 44.2 Å². The fourth-order valence-electron chi connectivity index (χ4n) is 2.21. The maximum Gasteiger partial charge on any atom is 0.249 e. The van der Waals surface area contributed by atoms with Crippen molar-refractivity contribution >= 4 is 23.1 Å². The van der Waals surface area contributed by atoms with E-state index in [0.29, 0.717) is 16.8 Å². The van der Waals surface area contributed by atoms with Crippen molar-refractivity contribution in [2.75, 3.05) is 5.32 Å². The lowest BCUT2D eigenvalue weighted by Crippen LogP contribution is -2.12. The normalized spacial score (nSPS) is 11.1. The molecule has 5 nitrogen and oxygen atoms in total. The Hall–Kier alpha value is -2.80. The molecule has 2 aromatic heterocycles. The van der Waals surface area contributed by atoms with E-state index in [1.807, 2.05) is 12.3 Å². The molecule has 1 N–H and O–H groups in total. The Labute approximate surface area is 142 Å². The second kappa shape index (κ2) is 6.76. The number of nitrogens with one attached hydrogen (secondary N) is 1. The van der Waals surface area contributed by atoms with E-state index in [9.17, 15) is 9.18 Å². The first-order chi connectivity index (χ1) is 11.6. The van der Waals surface area contributed by atoms with E-state index in [-0.39, 0.29) is 11.7 Å². The first-order valence-corrected chi connectivity index (χ1v) is 8.16. The molecule has 0 saturated heterocycles. The Morgan fingerprint density at radius 3 is 2.79 bits per heavy atom. The van der Waals surface area contributed by atoms with Gasteiger partial charge in [0, 0.05) is 10.9 Å². The number of amides is 1. The third-order valence-corrected chi connectivity index (χ3v) is 4.16. The topological polar surface area (TPSA) is 59.8 Å². The van der Waals surface area contributed by atoms with Crippen molar-refractivity contribution in [2.24, 2.45) is 0 Å². The first-order valence-electron chi connectivity index (χ1n) is 7.28. The minimum absolute atomic E-state index is 0.228. The predicted molar refractivity (Wildman–Crippen MR) is 92.8 cm³/mol. The van der Waals surface area contributed by atoms with Crippen LogP contribution < -0.4 is 5.32 Å². The van der Waals surface area contributed by atoms with E-state index < -0.39 is 0 Å². The highest BCUT2D eigenvalue weighted by atomic mass is 32.1. The van der Waals surface area contributed by atoms with Gasteiger partial charge >= 0.3 is 0 Å². The van der Waals surface area contributed by atoms with E-state index in [4.69, 9.17) is 0 Å². The van der Waals surface area contributed by atoms with Crippen LogP contribution in [0.3, 0.4) is 0 Å². The molecule has 0 aliphatic heterocycles. The number of rotatable bonds is 4. The zero-order chi connectivity index (χ0) is 17.1. The third-order valence-electron chi connectivity index (χ3n) is 3.33. The molecule has 0 saturated carbocycles. The highest BCUT2D eigenvalue weighted by Gasteiger charge is 2.14. The minimum Gasteiger partial charge on any atom is -0.307 e. The van der Waals surface area contributed by atoms with Crippen LogP contribution in [-0.2, 0) is 4.79 Å². The maximum absolute atomic E-state index is 13.0. The average Bonchev–Trinajstić information content (AvgIpc) is 3.15. The van der Waals surface area contributed by atoms with Crippen LogP contribution in [0.15, 0.2) is 48.0 Å². The Balaban J connectivity index is 1.94. The molecule has 0 bridgehead atoms. The summed E-state index contributed by atoms with van der Waals surface area (Å²) in [4.78, 5) is 20.6. The van der Waals surface area contributed by atoms with E-state index >= 15 is 0 Å². The Kier molecular flexibility index (Phi) is 4.52. The summed E-state index contributed by atoms with van der Waals surface area (Å²) < 4.78 is 14.8. The maximum atomic E-state index is 13.0. The number of thiazole rings is 1. The zero-order valence-corrected chi connectivity index (χ0v) is 14.0. The van der Waals surface area contributed by atoms with Gasteiger partial charge in [0.25, 0.3) is 0 Å². The smallest absolute Gasteiger partial charge is 0.249 e. The predicted octanol–water partition coefficient (Wildman–Crippen LogP) is 3.96. The quantitative estimate of drug-likeness (QED) is 0.730. The van der Waals surface area contributed by atoms with Crippen LogP contribution in [0.4, 0.5) is 10.2 Å². The second-order valence-electron chi connectivity index (χ2n) is 5.04. The van der Waals surface area contributed by atoms with Crippen molar-refractivity contribution in [1.29, 1.82) is 0 Å². The monoisotopic (exact) mass is 342 g/mol. The molecule has 122 valence electrons. The van der Waals surface area contributed by atoms with Crippen molar-refractivity contribution in [2.45, 2.75) is 13.8 Å². The van der Waals surface area contributed by atoms with Gasteiger partial charge in [-0.3, -0.25) is 9.36 Å². The third kappa shape index (κ3) is 3.26. The molecule has 0 fully saturated rings. The van der Waals surface area contributed by atoms with Gasteiger partial charge in [0.1, 0.15) is 17.5 Å². The highest BCUT2D eigenvalue weighted by Crippen LogP contribution is 2.27. The summed E-state index contributed by atoms with van der Waals surface area (Å²) in [7, 11) is 0. The molecule has 24 heavy (non-hydrogen) atoms. The molecule has 0 unspecified atom stereocenters. The molecule has 0 atom stereocenters. The zero-order valence-electron chi connectivity index (χ0n) is 13.2. The number of aromatic nitrogens is 3. The number of aryl methyl sites for hydroxylation is 1. The van der Waals surface area contributed by atoms with Gasteiger partial charge in [-0.25, -0.2) is 14.4 Å². The van der Waals surface area contributed by atoms with Gasteiger partial charge in [-0.15, -0.1) is 11.3 Å². The lowest BCUT2D eigenvalue weighted by molar-refractivity contribution is -0.111. The molecule has 0 spiro atoms. The summed E-state index contributed by atoms with van der Waals surface area (Å²) in [6.45, 7) is 3.61. The molecule has 1 aromatic carbocycles. The fraction of sp³-hybridized carbons (Fsp3) is 0.118. The summed E-state index contributed by atoms with van der Waals surface area (Å²) in [6, 6.07) is 6.17. The van der Waals surface area contributed by atoms with Crippen LogP contribution in [0.1, 0.15) is 12.7 Å². The molecule has 3 aromatic rings. The SMILES string of the molecule is C/C=C/C(=O)Nc1cnc(C)n1-c1nc(-c2ccc(F)cc2)cs1. The summed E-state index contributed by atoms with van der Waals surface area (Å²) in [5, 5.41) is 5.35. The second-order valence-corrected chi connectivity index (χ2v) is 5.87. The Morgan fingerprint density at radius 2 is 2.08 bits per heavy atom.